The van der Waals surface area contributed by atoms with E-state index in [4.69, 9.17) is 4.74 Å². The van der Waals surface area contributed by atoms with Gasteiger partial charge in [0.2, 0.25) is 5.78 Å². The Hall–Kier alpha value is -3.68. The third-order valence-electron chi connectivity index (χ3n) is 4.44. The van der Waals surface area contributed by atoms with Gasteiger partial charge in [0.1, 0.15) is 0 Å². The highest BCUT2D eigenvalue weighted by Crippen LogP contribution is 2.17. The van der Waals surface area contributed by atoms with Gasteiger partial charge < -0.3 is 10.1 Å². The highest BCUT2D eigenvalue weighted by molar-refractivity contribution is 5.95. The third kappa shape index (κ3) is 2.71. The van der Waals surface area contributed by atoms with Crippen molar-refractivity contribution < 1.29 is 9.53 Å². The summed E-state index contributed by atoms with van der Waals surface area (Å²) in [5.41, 5.74) is 1.63. The Morgan fingerprint density at radius 1 is 1.11 bits per heavy atom. The molecule has 0 unspecified atom stereocenters. The topological polar surface area (TPSA) is 90.5 Å². The SMILES string of the molecule is CNc1ccccc1C(=O)OCc1nnc2n(C)c(=O)c3ccccc3n12. The number of hydrogen-bond donors (Lipinski definition) is 1. The summed E-state index contributed by atoms with van der Waals surface area (Å²) in [4.78, 5) is 24.9. The number of nitrogens with one attached hydrogen (secondary N) is 1. The molecule has 2 heterocycles. The minimum absolute atomic E-state index is 0.0692. The number of fused-ring (bicyclic) bond motifs is 3. The molecule has 136 valence electrons. The average Bonchev–Trinajstić information content (AvgIpc) is 3.14. The Morgan fingerprint density at radius 2 is 1.85 bits per heavy atom. The number of aryl methyl sites for hydroxylation is 1. The lowest BCUT2D eigenvalue weighted by molar-refractivity contribution is 0.0462. The van der Waals surface area contributed by atoms with Crippen LogP contribution in [0.3, 0.4) is 0 Å². The van der Waals surface area contributed by atoms with Gasteiger partial charge in [-0.1, -0.05) is 24.3 Å². The number of carbonyl (C=O) groups is 1. The number of esters is 1. The fourth-order valence-electron chi connectivity index (χ4n) is 3.07. The predicted molar refractivity (Wildman–Crippen MR) is 101 cm³/mol. The van der Waals surface area contributed by atoms with Gasteiger partial charge in [-0.25, -0.2) is 4.79 Å². The Balaban J connectivity index is 1.73. The molecule has 8 nitrogen and oxygen atoms in total. The van der Waals surface area contributed by atoms with Crippen LogP contribution in [0.4, 0.5) is 5.69 Å². The second-order valence-corrected chi connectivity index (χ2v) is 6.00. The largest absolute Gasteiger partial charge is 0.454 e. The van der Waals surface area contributed by atoms with Gasteiger partial charge in [0.15, 0.2) is 12.4 Å². The van der Waals surface area contributed by atoms with Crippen LogP contribution in [0.5, 0.6) is 0 Å². The Labute approximate surface area is 154 Å². The lowest BCUT2D eigenvalue weighted by Crippen LogP contribution is -2.20. The van der Waals surface area contributed by atoms with Gasteiger partial charge in [-0.15, -0.1) is 10.2 Å². The molecule has 0 aliphatic rings. The Kier molecular flexibility index (Phi) is 4.08. The molecule has 4 rings (SSSR count). The van der Waals surface area contributed by atoms with Crippen molar-refractivity contribution in [1.29, 1.82) is 0 Å². The Morgan fingerprint density at radius 3 is 2.67 bits per heavy atom. The molecule has 0 spiro atoms. The van der Waals surface area contributed by atoms with Crippen molar-refractivity contribution in [1.82, 2.24) is 19.2 Å². The average molecular weight is 363 g/mol. The van der Waals surface area contributed by atoms with Gasteiger partial charge in [-0.3, -0.25) is 13.8 Å². The maximum Gasteiger partial charge on any atom is 0.340 e. The predicted octanol–water partition coefficient (Wildman–Crippen LogP) is 1.98. The number of hydrogen-bond acceptors (Lipinski definition) is 6. The summed E-state index contributed by atoms with van der Waals surface area (Å²) in [5.74, 6) is 0.360. The van der Waals surface area contributed by atoms with E-state index in [2.05, 4.69) is 15.5 Å². The molecule has 0 atom stereocenters. The van der Waals surface area contributed by atoms with E-state index in [1.54, 1.807) is 48.8 Å². The molecular weight excluding hydrogens is 346 g/mol. The van der Waals surface area contributed by atoms with Crippen molar-refractivity contribution >= 4 is 28.3 Å². The van der Waals surface area contributed by atoms with Crippen molar-refractivity contribution in [2.45, 2.75) is 6.61 Å². The summed E-state index contributed by atoms with van der Waals surface area (Å²) in [7, 11) is 3.38. The molecule has 0 saturated heterocycles. The number of rotatable bonds is 4. The maximum atomic E-state index is 12.5. The van der Waals surface area contributed by atoms with Crippen LogP contribution in [-0.4, -0.2) is 32.2 Å². The van der Waals surface area contributed by atoms with Crippen molar-refractivity contribution in [3.8, 4) is 0 Å². The molecule has 1 N–H and O–H groups in total. The zero-order valence-electron chi connectivity index (χ0n) is 14.8. The quantitative estimate of drug-likeness (QED) is 0.558. The van der Waals surface area contributed by atoms with Crippen LogP contribution in [0, 0.1) is 0 Å². The van der Waals surface area contributed by atoms with Gasteiger partial charge in [0.25, 0.3) is 5.56 Å². The minimum Gasteiger partial charge on any atom is -0.454 e. The number of para-hydroxylation sites is 2. The molecule has 0 fully saturated rings. The van der Waals surface area contributed by atoms with Gasteiger partial charge in [-0.2, -0.15) is 0 Å². The number of anilines is 1. The first-order chi connectivity index (χ1) is 13.1. The molecule has 8 heteroatoms. The number of ether oxygens (including phenoxy) is 1. The smallest absolute Gasteiger partial charge is 0.340 e. The highest BCUT2D eigenvalue weighted by atomic mass is 16.5. The van der Waals surface area contributed by atoms with Crippen molar-refractivity contribution in [3.05, 3.63) is 70.3 Å². The molecule has 0 aliphatic heterocycles. The van der Waals surface area contributed by atoms with Crippen molar-refractivity contribution in [3.63, 3.8) is 0 Å². The van der Waals surface area contributed by atoms with Gasteiger partial charge in [0, 0.05) is 19.8 Å². The van der Waals surface area contributed by atoms with Gasteiger partial charge in [0.05, 0.1) is 16.5 Å². The van der Waals surface area contributed by atoms with Crippen LogP contribution in [0.2, 0.25) is 0 Å². The van der Waals surface area contributed by atoms with Crippen LogP contribution in [0.1, 0.15) is 16.2 Å². The summed E-state index contributed by atoms with van der Waals surface area (Å²) < 4.78 is 8.61. The lowest BCUT2D eigenvalue weighted by atomic mass is 10.2. The third-order valence-corrected chi connectivity index (χ3v) is 4.44. The summed E-state index contributed by atoms with van der Waals surface area (Å²) in [6, 6.07) is 14.3. The number of nitrogens with zero attached hydrogens (tertiary/aromatic N) is 4. The number of aromatic nitrogens is 4. The summed E-state index contributed by atoms with van der Waals surface area (Å²) in [5, 5.41) is 11.7. The summed E-state index contributed by atoms with van der Waals surface area (Å²) in [6.07, 6.45) is 0. The molecule has 0 aliphatic carbocycles. The first-order valence-corrected chi connectivity index (χ1v) is 8.37. The van der Waals surface area contributed by atoms with Crippen LogP contribution in [0.15, 0.2) is 53.3 Å². The standard InChI is InChI=1S/C19H17N5O3/c1-20-14-9-5-3-7-12(14)18(26)27-11-16-21-22-19-23(2)17(25)13-8-4-6-10-15(13)24(16)19/h3-10,20H,11H2,1-2H3. The molecule has 0 saturated carbocycles. The number of benzene rings is 2. The molecular formula is C19H17N5O3. The van der Waals surface area contributed by atoms with E-state index < -0.39 is 5.97 Å². The minimum atomic E-state index is -0.467. The van der Waals surface area contributed by atoms with Crippen molar-refractivity contribution in [2.75, 3.05) is 12.4 Å². The second-order valence-electron chi connectivity index (χ2n) is 6.00. The summed E-state index contributed by atoms with van der Waals surface area (Å²) >= 11 is 0. The molecule has 27 heavy (non-hydrogen) atoms. The zero-order chi connectivity index (χ0) is 19.0. The van der Waals surface area contributed by atoms with Gasteiger partial charge >= 0.3 is 5.97 Å². The molecule has 0 radical (unpaired) electrons. The fraction of sp³-hybridized carbons (Fsp3) is 0.158. The van der Waals surface area contributed by atoms with Gasteiger partial charge in [-0.05, 0) is 24.3 Å². The molecule has 4 aromatic rings. The van der Waals surface area contributed by atoms with Crippen LogP contribution in [-0.2, 0) is 18.4 Å². The second kappa shape index (κ2) is 6.56. The normalized spacial score (nSPS) is 11.0. The molecule has 2 aromatic carbocycles. The van der Waals surface area contributed by atoms with Crippen LogP contribution >= 0.6 is 0 Å². The van der Waals surface area contributed by atoms with Crippen LogP contribution in [0.25, 0.3) is 16.7 Å². The first-order valence-electron chi connectivity index (χ1n) is 8.37. The highest BCUT2D eigenvalue weighted by Gasteiger charge is 2.17. The van der Waals surface area contributed by atoms with E-state index in [0.29, 0.717) is 33.8 Å². The van der Waals surface area contributed by atoms with Crippen molar-refractivity contribution in [2.24, 2.45) is 7.05 Å². The van der Waals surface area contributed by atoms with E-state index in [0.717, 1.165) is 0 Å². The molecule has 0 bridgehead atoms. The summed E-state index contributed by atoms with van der Waals surface area (Å²) in [6.45, 7) is -0.0692. The van der Waals surface area contributed by atoms with E-state index >= 15 is 0 Å². The lowest BCUT2D eigenvalue weighted by Gasteiger charge is -2.10. The first kappa shape index (κ1) is 16.8. The Bertz CT molecular complexity index is 1230. The monoisotopic (exact) mass is 363 g/mol. The number of carbonyl (C=O) groups excluding carboxylic acids is 1. The maximum absolute atomic E-state index is 12.5. The zero-order valence-corrected chi connectivity index (χ0v) is 14.8. The molecule has 2 aromatic heterocycles. The van der Waals surface area contributed by atoms with Crippen LogP contribution < -0.4 is 10.9 Å². The van der Waals surface area contributed by atoms with E-state index in [9.17, 15) is 9.59 Å². The van der Waals surface area contributed by atoms with E-state index in [-0.39, 0.29) is 12.2 Å². The molecule has 0 amide bonds. The van der Waals surface area contributed by atoms with E-state index in [1.165, 1.54) is 4.57 Å². The fourth-order valence-corrected chi connectivity index (χ4v) is 3.07. The van der Waals surface area contributed by atoms with E-state index in [1.807, 2.05) is 18.2 Å².